The Kier molecular flexibility index (Phi) is 7.82. The van der Waals surface area contributed by atoms with Gasteiger partial charge in [-0.2, -0.15) is 0 Å². The summed E-state index contributed by atoms with van der Waals surface area (Å²) in [6.45, 7) is 1.18. The smallest absolute Gasteiger partial charge is 0.319 e. The number of nitrogens with zero attached hydrogens (tertiary/aromatic N) is 1. The molecule has 0 atom stereocenters. The average Bonchev–Trinajstić information content (AvgIpc) is 2.69. The molecule has 2 rings (SSSR count). The van der Waals surface area contributed by atoms with Crippen molar-refractivity contribution in [2.24, 2.45) is 0 Å². The maximum absolute atomic E-state index is 13.1. The van der Waals surface area contributed by atoms with E-state index in [1.165, 1.54) is 19.2 Å². The summed E-state index contributed by atoms with van der Waals surface area (Å²) in [5.41, 5.74) is 1.87. The highest BCUT2D eigenvalue weighted by Crippen LogP contribution is 2.27. The first-order chi connectivity index (χ1) is 13.0. The Bertz CT molecular complexity index is 774. The molecular formula is C21H24FNO4. The van der Waals surface area contributed by atoms with Gasteiger partial charge in [-0.3, -0.25) is 9.69 Å². The number of methoxy groups -OCH3 is 3. The van der Waals surface area contributed by atoms with Crippen LogP contribution in [0.25, 0.3) is 6.08 Å². The van der Waals surface area contributed by atoms with Crippen LogP contribution in [0.5, 0.6) is 11.5 Å². The Labute approximate surface area is 159 Å². The molecule has 0 aliphatic carbocycles. The van der Waals surface area contributed by atoms with Crippen molar-refractivity contribution in [3.63, 3.8) is 0 Å². The van der Waals surface area contributed by atoms with Gasteiger partial charge in [0.05, 0.1) is 27.9 Å². The number of ether oxygens (including phenoxy) is 3. The summed E-state index contributed by atoms with van der Waals surface area (Å²) in [5.74, 6) is 0.707. The van der Waals surface area contributed by atoms with Crippen molar-refractivity contribution in [3.8, 4) is 11.5 Å². The van der Waals surface area contributed by atoms with Gasteiger partial charge in [-0.25, -0.2) is 4.39 Å². The monoisotopic (exact) mass is 373 g/mol. The van der Waals surface area contributed by atoms with Gasteiger partial charge in [0.2, 0.25) is 0 Å². The van der Waals surface area contributed by atoms with Crippen LogP contribution in [0.4, 0.5) is 4.39 Å². The van der Waals surface area contributed by atoms with Gasteiger partial charge in [0.25, 0.3) is 0 Å². The van der Waals surface area contributed by atoms with E-state index in [0.717, 1.165) is 11.1 Å². The molecule has 2 aromatic rings. The molecule has 6 heteroatoms. The maximum atomic E-state index is 13.1. The number of carbonyl (C=O) groups excluding carboxylic acids is 1. The van der Waals surface area contributed by atoms with E-state index in [0.29, 0.717) is 24.6 Å². The minimum Gasteiger partial charge on any atom is -0.493 e. The van der Waals surface area contributed by atoms with Gasteiger partial charge >= 0.3 is 5.97 Å². The summed E-state index contributed by atoms with van der Waals surface area (Å²) in [6, 6.07) is 11.9. The molecule has 27 heavy (non-hydrogen) atoms. The first kappa shape index (κ1) is 20.5. The summed E-state index contributed by atoms with van der Waals surface area (Å²) in [7, 11) is 4.54. The van der Waals surface area contributed by atoms with Gasteiger partial charge < -0.3 is 14.2 Å². The van der Waals surface area contributed by atoms with Crippen LogP contribution < -0.4 is 9.47 Å². The molecular weight excluding hydrogens is 349 g/mol. The number of hydrogen-bond acceptors (Lipinski definition) is 5. The lowest BCUT2D eigenvalue weighted by Crippen LogP contribution is -2.30. The summed E-state index contributed by atoms with van der Waals surface area (Å²) in [6.07, 6.45) is 3.89. The van der Waals surface area contributed by atoms with Crippen LogP contribution in [0.1, 0.15) is 11.1 Å². The molecule has 0 amide bonds. The number of hydrogen-bond donors (Lipinski definition) is 0. The number of esters is 1. The largest absolute Gasteiger partial charge is 0.493 e. The quantitative estimate of drug-likeness (QED) is 0.630. The molecule has 0 heterocycles. The van der Waals surface area contributed by atoms with Crippen molar-refractivity contribution in [1.82, 2.24) is 4.90 Å². The van der Waals surface area contributed by atoms with Crippen molar-refractivity contribution < 1.29 is 23.4 Å². The second-order valence-electron chi connectivity index (χ2n) is 5.89. The van der Waals surface area contributed by atoms with E-state index >= 15 is 0 Å². The van der Waals surface area contributed by atoms with Gasteiger partial charge in [0.1, 0.15) is 5.82 Å². The van der Waals surface area contributed by atoms with Crippen LogP contribution in [-0.4, -0.2) is 45.3 Å². The third-order valence-electron chi connectivity index (χ3n) is 3.98. The van der Waals surface area contributed by atoms with Crippen molar-refractivity contribution in [3.05, 3.63) is 65.5 Å². The Hall–Kier alpha value is -2.86. The molecule has 0 aliphatic rings. The summed E-state index contributed by atoms with van der Waals surface area (Å²) in [4.78, 5) is 13.6. The lowest BCUT2D eigenvalue weighted by molar-refractivity contribution is -0.141. The van der Waals surface area contributed by atoms with Crippen molar-refractivity contribution in [2.45, 2.75) is 6.54 Å². The van der Waals surface area contributed by atoms with E-state index in [1.807, 2.05) is 35.3 Å². The molecule has 5 nitrogen and oxygen atoms in total. The molecule has 0 bridgehead atoms. The molecule has 0 aliphatic heterocycles. The molecule has 0 N–H and O–H groups in total. The number of rotatable bonds is 9. The highest BCUT2D eigenvalue weighted by molar-refractivity contribution is 5.71. The van der Waals surface area contributed by atoms with Crippen LogP contribution in [0.15, 0.2) is 48.5 Å². The second-order valence-corrected chi connectivity index (χ2v) is 5.89. The summed E-state index contributed by atoms with van der Waals surface area (Å²) >= 11 is 0. The lowest BCUT2D eigenvalue weighted by Gasteiger charge is -2.19. The normalized spacial score (nSPS) is 11.0. The van der Waals surface area contributed by atoms with E-state index in [-0.39, 0.29) is 18.3 Å². The third kappa shape index (κ3) is 6.42. The van der Waals surface area contributed by atoms with Gasteiger partial charge in [0, 0.05) is 13.1 Å². The molecule has 0 saturated heterocycles. The van der Waals surface area contributed by atoms with Crippen LogP contribution in [0.2, 0.25) is 0 Å². The fourth-order valence-corrected chi connectivity index (χ4v) is 2.57. The molecule has 0 spiro atoms. The molecule has 0 aromatic heterocycles. The topological polar surface area (TPSA) is 48.0 Å². The van der Waals surface area contributed by atoms with Gasteiger partial charge in [-0.15, -0.1) is 0 Å². The van der Waals surface area contributed by atoms with Crippen LogP contribution in [0.3, 0.4) is 0 Å². The SMILES string of the molecule is COC(=O)CN(C/C=C/c1ccc(OC)c(OC)c1)Cc1ccc(F)cc1. The summed E-state index contributed by atoms with van der Waals surface area (Å²) < 4.78 is 28.4. The Morgan fingerprint density at radius 1 is 1.04 bits per heavy atom. The van der Waals surface area contributed by atoms with E-state index in [2.05, 4.69) is 0 Å². The van der Waals surface area contributed by atoms with Gasteiger partial charge in [-0.1, -0.05) is 30.4 Å². The van der Waals surface area contributed by atoms with E-state index in [1.54, 1.807) is 26.4 Å². The van der Waals surface area contributed by atoms with E-state index in [9.17, 15) is 9.18 Å². The fourth-order valence-electron chi connectivity index (χ4n) is 2.57. The molecule has 2 aromatic carbocycles. The molecule has 0 saturated carbocycles. The minimum absolute atomic E-state index is 0.143. The third-order valence-corrected chi connectivity index (χ3v) is 3.98. The first-order valence-corrected chi connectivity index (χ1v) is 8.48. The highest BCUT2D eigenvalue weighted by Gasteiger charge is 2.11. The first-order valence-electron chi connectivity index (χ1n) is 8.48. The standard InChI is InChI=1S/C21H24FNO4/c1-25-19-11-8-16(13-20(19)26-2)5-4-12-23(15-21(24)27-3)14-17-6-9-18(22)10-7-17/h4-11,13H,12,14-15H2,1-3H3/b5-4+. The zero-order chi connectivity index (χ0) is 19.6. The lowest BCUT2D eigenvalue weighted by atomic mass is 10.1. The Morgan fingerprint density at radius 2 is 1.74 bits per heavy atom. The van der Waals surface area contributed by atoms with E-state index in [4.69, 9.17) is 14.2 Å². The van der Waals surface area contributed by atoms with Crippen molar-refractivity contribution in [1.29, 1.82) is 0 Å². The van der Waals surface area contributed by atoms with Gasteiger partial charge in [-0.05, 0) is 35.4 Å². The number of halogens is 1. The predicted molar refractivity (Wildman–Crippen MR) is 102 cm³/mol. The molecule has 0 unspecified atom stereocenters. The van der Waals surface area contributed by atoms with Crippen LogP contribution in [0, 0.1) is 5.82 Å². The van der Waals surface area contributed by atoms with Gasteiger partial charge in [0.15, 0.2) is 11.5 Å². The zero-order valence-electron chi connectivity index (χ0n) is 15.8. The van der Waals surface area contributed by atoms with Crippen molar-refractivity contribution in [2.75, 3.05) is 34.4 Å². The zero-order valence-corrected chi connectivity index (χ0v) is 15.8. The average molecular weight is 373 g/mol. The highest BCUT2D eigenvalue weighted by atomic mass is 19.1. The Balaban J connectivity index is 2.06. The predicted octanol–water partition coefficient (Wildman–Crippen LogP) is 3.53. The number of carbonyl (C=O) groups is 1. The fraction of sp³-hybridized carbons (Fsp3) is 0.286. The second kappa shape index (κ2) is 10.3. The van der Waals surface area contributed by atoms with Crippen molar-refractivity contribution >= 4 is 12.0 Å². The van der Waals surface area contributed by atoms with E-state index < -0.39 is 0 Å². The summed E-state index contributed by atoms with van der Waals surface area (Å²) in [5, 5.41) is 0. The molecule has 0 radical (unpaired) electrons. The number of benzene rings is 2. The molecule has 144 valence electrons. The minimum atomic E-state index is -0.323. The van der Waals surface area contributed by atoms with Crippen LogP contribution >= 0.6 is 0 Å². The Morgan fingerprint density at radius 3 is 2.37 bits per heavy atom. The maximum Gasteiger partial charge on any atom is 0.319 e. The van der Waals surface area contributed by atoms with Crippen LogP contribution in [-0.2, 0) is 16.1 Å². The molecule has 0 fully saturated rings.